The number of aryl methyl sites for hydroxylation is 1. The summed E-state index contributed by atoms with van der Waals surface area (Å²) in [6.07, 6.45) is 0. The largest absolute Gasteiger partial charge is 0.476 e. The third-order valence-corrected chi connectivity index (χ3v) is 3.11. The van der Waals surface area contributed by atoms with E-state index in [0.717, 1.165) is 5.56 Å². The number of benzene rings is 1. The Morgan fingerprint density at radius 1 is 1.21 bits per heavy atom. The molecular weight excluding hydrogens is 289 g/mol. The van der Waals surface area contributed by atoms with Crippen LogP contribution in [0.4, 0.5) is 11.5 Å². The van der Waals surface area contributed by atoms with Gasteiger partial charge in [-0.05, 0) is 36.8 Å². The molecule has 0 atom stereocenters. The van der Waals surface area contributed by atoms with Crippen molar-refractivity contribution in [2.24, 2.45) is 0 Å². The number of nitrogens with zero attached hydrogens (tertiary/aromatic N) is 2. The Kier molecular flexibility index (Phi) is 3.87. The van der Waals surface area contributed by atoms with Gasteiger partial charge in [-0.3, -0.25) is 0 Å². The molecule has 0 saturated heterocycles. The Balaban J connectivity index is 2.26. The van der Waals surface area contributed by atoms with Gasteiger partial charge in [0.1, 0.15) is 0 Å². The molecule has 7 heteroatoms. The zero-order valence-corrected chi connectivity index (χ0v) is 11.3. The zero-order chi connectivity index (χ0) is 14.0. The standard InChI is InChI=1S/C12H9Cl2N3O2/c1-6-4-8(14)10(5-7(6)13)15-11-3-2-9(12(18)19)16-17-11/h2-5H,1H3,(H,15,17)(H,18,19). The zero-order valence-electron chi connectivity index (χ0n) is 9.82. The van der Waals surface area contributed by atoms with Crippen LogP contribution in [0.25, 0.3) is 0 Å². The minimum Gasteiger partial charge on any atom is -0.476 e. The van der Waals surface area contributed by atoms with E-state index in [1.807, 2.05) is 6.92 Å². The van der Waals surface area contributed by atoms with E-state index in [1.165, 1.54) is 12.1 Å². The van der Waals surface area contributed by atoms with Crippen molar-refractivity contribution in [3.8, 4) is 0 Å². The van der Waals surface area contributed by atoms with E-state index in [0.29, 0.717) is 21.6 Å². The van der Waals surface area contributed by atoms with Crippen LogP contribution in [0.1, 0.15) is 16.1 Å². The summed E-state index contributed by atoms with van der Waals surface area (Å²) in [4.78, 5) is 10.6. The van der Waals surface area contributed by atoms with E-state index in [1.54, 1.807) is 12.1 Å². The van der Waals surface area contributed by atoms with E-state index in [-0.39, 0.29) is 5.69 Å². The van der Waals surface area contributed by atoms with Crippen molar-refractivity contribution in [2.75, 3.05) is 5.32 Å². The van der Waals surface area contributed by atoms with Gasteiger partial charge in [-0.2, -0.15) is 0 Å². The second-order valence-electron chi connectivity index (χ2n) is 3.82. The molecule has 98 valence electrons. The minimum atomic E-state index is -1.13. The van der Waals surface area contributed by atoms with Crippen molar-refractivity contribution in [2.45, 2.75) is 6.92 Å². The number of nitrogens with one attached hydrogen (secondary N) is 1. The molecule has 0 fully saturated rings. The van der Waals surface area contributed by atoms with Crippen molar-refractivity contribution in [3.05, 3.63) is 45.6 Å². The highest BCUT2D eigenvalue weighted by Gasteiger charge is 2.08. The number of carboxylic acid groups (broad SMARTS) is 1. The van der Waals surface area contributed by atoms with E-state index in [2.05, 4.69) is 15.5 Å². The van der Waals surface area contributed by atoms with E-state index in [9.17, 15) is 4.79 Å². The lowest BCUT2D eigenvalue weighted by atomic mass is 10.2. The highest BCUT2D eigenvalue weighted by molar-refractivity contribution is 6.35. The maximum Gasteiger partial charge on any atom is 0.356 e. The molecule has 1 aromatic carbocycles. The van der Waals surface area contributed by atoms with Gasteiger partial charge in [0.05, 0.1) is 10.7 Å². The normalized spacial score (nSPS) is 10.3. The molecule has 0 unspecified atom stereocenters. The first-order valence-corrected chi connectivity index (χ1v) is 6.02. The lowest BCUT2D eigenvalue weighted by Crippen LogP contribution is -2.03. The maximum atomic E-state index is 10.6. The van der Waals surface area contributed by atoms with Crippen LogP contribution in [0.2, 0.25) is 10.0 Å². The molecular formula is C12H9Cl2N3O2. The fourth-order valence-corrected chi connectivity index (χ4v) is 1.82. The predicted octanol–water partition coefficient (Wildman–Crippen LogP) is 3.53. The molecule has 2 aromatic rings. The third-order valence-electron chi connectivity index (χ3n) is 2.39. The van der Waals surface area contributed by atoms with Crippen LogP contribution >= 0.6 is 23.2 Å². The summed E-state index contributed by atoms with van der Waals surface area (Å²) in [5.74, 6) is -0.748. The van der Waals surface area contributed by atoms with Gasteiger partial charge in [-0.25, -0.2) is 4.79 Å². The highest BCUT2D eigenvalue weighted by Crippen LogP contribution is 2.30. The maximum absolute atomic E-state index is 10.6. The fraction of sp³-hybridized carbons (Fsp3) is 0.0833. The number of anilines is 2. The monoisotopic (exact) mass is 297 g/mol. The fourth-order valence-electron chi connectivity index (χ4n) is 1.39. The summed E-state index contributed by atoms with van der Waals surface area (Å²) in [6.45, 7) is 1.85. The summed E-state index contributed by atoms with van der Waals surface area (Å²) >= 11 is 12.1. The van der Waals surface area contributed by atoms with Crippen LogP contribution in [0.3, 0.4) is 0 Å². The summed E-state index contributed by atoms with van der Waals surface area (Å²) in [5, 5.41) is 20.0. The Morgan fingerprint density at radius 3 is 2.53 bits per heavy atom. The second kappa shape index (κ2) is 5.42. The molecule has 0 bridgehead atoms. The lowest BCUT2D eigenvalue weighted by molar-refractivity contribution is 0.0689. The van der Waals surface area contributed by atoms with Gasteiger partial charge < -0.3 is 10.4 Å². The average molecular weight is 298 g/mol. The molecule has 0 aliphatic carbocycles. The summed E-state index contributed by atoms with van der Waals surface area (Å²) in [7, 11) is 0. The van der Waals surface area contributed by atoms with Crippen LogP contribution in [-0.2, 0) is 0 Å². The average Bonchev–Trinajstić information content (AvgIpc) is 2.36. The van der Waals surface area contributed by atoms with E-state index in [4.69, 9.17) is 28.3 Å². The molecule has 1 heterocycles. The molecule has 0 saturated carbocycles. The number of carboxylic acids is 1. The van der Waals surface area contributed by atoms with Gasteiger partial charge in [0.25, 0.3) is 0 Å². The molecule has 5 nitrogen and oxygen atoms in total. The lowest BCUT2D eigenvalue weighted by Gasteiger charge is -2.09. The van der Waals surface area contributed by atoms with Crippen LogP contribution in [0, 0.1) is 6.92 Å². The van der Waals surface area contributed by atoms with Crippen molar-refractivity contribution in [1.29, 1.82) is 0 Å². The number of aromatic nitrogens is 2. The van der Waals surface area contributed by atoms with Crippen LogP contribution in [0.15, 0.2) is 24.3 Å². The van der Waals surface area contributed by atoms with Crippen molar-refractivity contribution in [3.63, 3.8) is 0 Å². The summed E-state index contributed by atoms with van der Waals surface area (Å²) in [6, 6.07) is 6.25. The molecule has 0 aliphatic heterocycles. The predicted molar refractivity (Wildman–Crippen MR) is 73.5 cm³/mol. The first kappa shape index (κ1) is 13.6. The van der Waals surface area contributed by atoms with Crippen LogP contribution < -0.4 is 5.32 Å². The molecule has 0 amide bonds. The number of halogens is 2. The number of aromatic carboxylic acids is 1. The number of rotatable bonds is 3. The topological polar surface area (TPSA) is 75.1 Å². The first-order valence-electron chi connectivity index (χ1n) is 5.27. The molecule has 19 heavy (non-hydrogen) atoms. The number of hydrogen-bond acceptors (Lipinski definition) is 4. The van der Waals surface area contributed by atoms with Crippen LogP contribution in [0.5, 0.6) is 0 Å². The van der Waals surface area contributed by atoms with Crippen molar-refractivity contribution in [1.82, 2.24) is 10.2 Å². The number of hydrogen-bond donors (Lipinski definition) is 2. The van der Waals surface area contributed by atoms with Gasteiger partial charge in [0.15, 0.2) is 11.5 Å². The van der Waals surface area contributed by atoms with Crippen molar-refractivity contribution < 1.29 is 9.90 Å². The number of carbonyl (C=O) groups is 1. The molecule has 0 spiro atoms. The quantitative estimate of drug-likeness (QED) is 0.906. The molecule has 1 aromatic heterocycles. The smallest absolute Gasteiger partial charge is 0.356 e. The first-order chi connectivity index (χ1) is 8.97. The third kappa shape index (κ3) is 3.13. The Hall–Kier alpha value is -1.85. The molecule has 0 radical (unpaired) electrons. The Morgan fingerprint density at radius 2 is 1.95 bits per heavy atom. The van der Waals surface area contributed by atoms with Gasteiger partial charge in [0, 0.05) is 5.02 Å². The van der Waals surface area contributed by atoms with E-state index >= 15 is 0 Å². The Labute approximate surface area is 119 Å². The van der Waals surface area contributed by atoms with Crippen molar-refractivity contribution >= 4 is 40.7 Å². The molecule has 0 aliphatic rings. The Bertz CT molecular complexity index is 630. The molecule has 2 rings (SSSR count). The molecule has 2 N–H and O–H groups in total. The van der Waals surface area contributed by atoms with Gasteiger partial charge in [-0.1, -0.05) is 23.2 Å². The van der Waals surface area contributed by atoms with Gasteiger partial charge in [0.2, 0.25) is 0 Å². The minimum absolute atomic E-state index is 0.126. The second-order valence-corrected chi connectivity index (χ2v) is 4.63. The van der Waals surface area contributed by atoms with E-state index < -0.39 is 5.97 Å². The SMILES string of the molecule is Cc1cc(Cl)c(Nc2ccc(C(=O)O)nn2)cc1Cl. The highest BCUT2D eigenvalue weighted by atomic mass is 35.5. The van der Waals surface area contributed by atoms with Crippen LogP contribution in [-0.4, -0.2) is 21.3 Å². The van der Waals surface area contributed by atoms with Gasteiger partial charge in [-0.15, -0.1) is 10.2 Å². The van der Waals surface area contributed by atoms with Gasteiger partial charge >= 0.3 is 5.97 Å². The summed E-state index contributed by atoms with van der Waals surface area (Å²) < 4.78 is 0. The summed E-state index contributed by atoms with van der Waals surface area (Å²) in [5.41, 5.74) is 1.32.